The van der Waals surface area contributed by atoms with Crippen LogP contribution in [0.2, 0.25) is 0 Å². The summed E-state index contributed by atoms with van der Waals surface area (Å²) < 4.78 is 6.09. The van der Waals surface area contributed by atoms with E-state index >= 15 is 0 Å². The lowest BCUT2D eigenvalue weighted by Gasteiger charge is -2.27. The number of para-hydroxylation sites is 1. The first kappa shape index (κ1) is 25.5. The first-order valence-electron chi connectivity index (χ1n) is 13.5. The molecule has 6 rings (SSSR count). The predicted octanol–water partition coefficient (Wildman–Crippen LogP) is 6.69. The van der Waals surface area contributed by atoms with Crippen molar-refractivity contribution >= 4 is 23.6 Å². The van der Waals surface area contributed by atoms with Crippen molar-refractivity contribution in [2.24, 2.45) is 0 Å². The number of rotatable bonds is 6. The van der Waals surface area contributed by atoms with Gasteiger partial charge >= 0.3 is 12.2 Å². The van der Waals surface area contributed by atoms with Crippen LogP contribution in [-0.2, 0) is 11.3 Å². The zero-order valence-electron chi connectivity index (χ0n) is 22.1. The average Bonchev–Trinajstić information content (AvgIpc) is 3.60. The molecule has 202 valence electrons. The van der Waals surface area contributed by atoms with Crippen molar-refractivity contribution in [3.05, 3.63) is 119 Å². The second-order valence-electron chi connectivity index (χ2n) is 10.4. The zero-order chi connectivity index (χ0) is 27.6. The summed E-state index contributed by atoms with van der Waals surface area (Å²) in [5.41, 5.74) is 13.8. The molecule has 1 atom stereocenters. The summed E-state index contributed by atoms with van der Waals surface area (Å²) in [5, 5.41) is 9.51. The van der Waals surface area contributed by atoms with E-state index in [0.717, 1.165) is 27.9 Å². The van der Waals surface area contributed by atoms with Crippen molar-refractivity contribution in [3.63, 3.8) is 0 Å². The Morgan fingerprint density at radius 3 is 2.08 bits per heavy atom. The van der Waals surface area contributed by atoms with E-state index in [4.69, 9.17) is 10.5 Å². The van der Waals surface area contributed by atoms with Crippen LogP contribution in [0.4, 0.5) is 21.0 Å². The van der Waals surface area contributed by atoms with Crippen molar-refractivity contribution in [2.75, 3.05) is 30.3 Å². The molecule has 1 saturated heterocycles. The summed E-state index contributed by atoms with van der Waals surface area (Å²) in [6, 6.07) is 31.7. The number of nitrogens with zero attached hydrogens (tertiary/aromatic N) is 2. The fourth-order valence-electron chi connectivity index (χ4n) is 5.99. The summed E-state index contributed by atoms with van der Waals surface area (Å²) in [5.74, 6) is -0.0634. The van der Waals surface area contributed by atoms with Crippen LogP contribution in [0.5, 0.6) is 0 Å². The van der Waals surface area contributed by atoms with Crippen molar-refractivity contribution < 1.29 is 19.4 Å². The molecule has 7 heteroatoms. The van der Waals surface area contributed by atoms with Gasteiger partial charge in [-0.3, -0.25) is 4.90 Å². The van der Waals surface area contributed by atoms with Gasteiger partial charge in [0.1, 0.15) is 6.61 Å². The molecule has 40 heavy (non-hydrogen) atoms. The highest BCUT2D eigenvalue weighted by atomic mass is 16.6. The third-order valence-corrected chi connectivity index (χ3v) is 8.00. The second kappa shape index (κ2) is 10.8. The largest absolute Gasteiger partial charge is 0.465 e. The van der Waals surface area contributed by atoms with Crippen molar-refractivity contribution in [1.82, 2.24) is 4.90 Å². The molecule has 3 N–H and O–H groups in total. The molecule has 4 aromatic rings. The van der Waals surface area contributed by atoms with Gasteiger partial charge in [0, 0.05) is 30.6 Å². The number of hydrogen-bond acceptors (Lipinski definition) is 4. The van der Waals surface area contributed by atoms with Crippen LogP contribution < -0.4 is 10.6 Å². The van der Waals surface area contributed by atoms with Gasteiger partial charge in [0.2, 0.25) is 0 Å². The molecule has 7 nitrogen and oxygen atoms in total. The molecule has 0 spiro atoms. The molecular weight excluding hydrogens is 502 g/mol. The van der Waals surface area contributed by atoms with E-state index < -0.39 is 12.2 Å². The standard InChI is InChI=1S/C33H31N3O4/c34-24-15-13-22(14-16-24)19-36(31-12-6-5-7-25(31)23-17-18-35(20-23)32(37)38)33(39)40-21-30-28-10-3-1-8-26(28)27-9-2-4-11-29(27)30/h1-16,23,30H,17-21,34H2,(H,37,38). The number of carboxylic acid groups (broad SMARTS) is 1. The molecule has 1 aliphatic heterocycles. The van der Waals surface area contributed by atoms with Gasteiger partial charge < -0.3 is 20.5 Å². The summed E-state index contributed by atoms with van der Waals surface area (Å²) in [6.45, 7) is 1.37. The van der Waals surface area contributed by atoms with E-state index in [2.05, 4.69) is 24.3 Å². The molecular formula is C33H31N3O4. The van der Waals surface area contributed by atoms with Gasteiger partial charge in [-0.2, -0.15) is 0 Å². The second-order valence-corrected chi connectivity index (χ2v) is 10.4. The smallest absolute Gasteiger partial charge is 0.414 e. The third-order valence-electron chi connectivity index (χ3n) is 8.00. The minimum atomic E-state index is -0.921. The Morgan fingerprint density at radius 1 is 0.850 bits per heavy atom. The average molecular weight is 534 g/mol. The SMILES string of the molecule is Nc1ccc(CN(C(=O)OCC2c3ccccc3-c3ccccc32)c2ccccc2C2CCN(C(=O)O)C2)cc1. The maximum absolute atomic E-state index is 13.9. The van der Waals surface area contributed by atoms with Crippen LogP contribution in [0.3, 0.4) is 0 Å². The minimum Gasteiger partial charge on any atom is -0.465 e. The summed E-state index contributed by atoms with van der Waals surface area (Å²) in [4.78, 5) is 28.6. The summed E-state index contributed by atoms with van der Waals surface area (Å²) in [6.07, 6.45) is -0.668. The number of nitrogens with two attached hydrogens (primary N) is 1. The van der Waals surface area contributed by atoms with Crippen LogP contribution in [0.15, 0.2) is 97.1 Å². The van der Waals surface area contributed by atoms with E-state index in [1.165, 1.54) is 16.0 Å². The monoisotopic (exact) mass is 533 g/mol. The van der Waals surface area contributed by atoms with Gasteiger partial charge in [-0.05, 0) is 58.0 Å². The van der Waals surface area contributed by atoms with E-state index in [-0.39, 0.29) is 18.4 Å². The molecule has 1 aliphatic carbocycles. The molecule has 2 aliphatic rings. The Morgan fingerprint density at radius 2 is 1.45 bits per heavy atom. The number of ether oxygens (including phenoxy) is 1. The van der Waals surface area contributed by atoms with Gasteiger partial charge in [-0.1, -0.05) is 78.9 Å². The van der Waals surface area contributed by atoms with Crippen LogP contribution in [-0.4, -0.2) is 41.9 Å². The molecule has 0 bridgehead atoms. The predicted molar refractivity (Wildman–Crippen MR) is 156 cm³/mol. The number of anilines is 2. The number of hydrogen-bond donors (Lipinski definition) is 2. The maximum atomic E-state index is 13.9. The van der Waals surface area contributed by atoms with Crippen LogP contribution >= 0.6 is 0 Å². The van der Waals surface area contributed by atoms with Crippen LogP contribution in [0, 0.1) is 0 Å². The molecule has 2 amide bonds. The Hall–Kier alpha value is -4.78. The highest BCUT2D eigenvalue weighted by molar-refractivity contribution is 5.89. The Bertz CT molecular complexity index is 1510. The Labute approximate surface area is 233 Å². The number of nitrogen functional groups attached to an aromatic ring is 1. The number of fused-ring (bicyclic) bond motifs is 3. The van der Waals surface area contributed by atoms with Gasteiger partial charge in [-0.15, -0.1) is 0 Å². The van der Waals surface area contributed by atoms with E-state index in [0.29, 0.717) is 31.7 Å². The van der Waals surface area contributed by atoms with Gasteiger partial charge in [0.05, 0.1) is 12.2 Å². The zero-order valence-corrected chi connectivity index (χ0v) is 22.1. The topological polar surface area (TPSA) is 96.1 Å². The first-order chi connectivity index (χ1) is 19.5. The number of carbonyl (C=O) groups is 2. The Balaban J connectivity index is 1.30. The van der Waals surface area contributed by atoms with Gasteiger partial charge in [0.25, 0.3) is 0 Å². The highest BCUT2D eigenvalue weighted by Crippen LogP contribution is 2.44. The molecule has 1 heterocycles. The molecule has 1 fully saturated rings. The fourth-order valence-corrected chi connectivity index (χ4v) is 5.99. The summed E-state index contributed by atoms with van der Waals surface area (Å²) in [7, 11) is 0. The van der Waals surface area contributed by atoms with Crippen molar-refractivity contribution in [2.45, 2.75) is 24.8 Å². The molecule has 0 saturated carbocycles. The normalized spacial score (nSPS) is 15.9. The summed E-state index contributed by atoms with van der Waals surface area (Å²) >= 11 is 0. The fraction of sp³-hybridized carbons (Fsp3) is 0.212. The van der Waals surface area contributed by atoms with E-state index in [9.17, 15) is 14.7 Å². The maximum Gasteiger partial charge on any atom is 0.414 e. The molecule has 1 unspecified atom stereocenters. The van der Waals surface area contributed by atoms with Crippen LogP contribution in [0.25, 0.3) is 11.1 Å². The highest BCUT2D eigenvalue weighted by Gasteiger charge is 2.33. The minimum absolute atomic E-state index is 0.0115. The van der Waals surface area contributed by atoms with Crippen molar-refractivity contribution in [3.8, 4) is 11.1 Å². The first-order valence-corrected chi connectivity index (χ1v) is 13.5. The lowest BCUT2D eigenvalue weighted by atomic mass is 9.96. The number of amides is 2. The van der Waals surface area contributed by atoms with Gasteiger partial charge in [-0.25, -0.2) is 9.59 Å². The van der Waals surface area contributed by atoms with E-state index in [1.54, 1.807) is 4.90 Å². The van der Waals surface area contributed by atoms with Crippen molar-refractivity contribution in [1.29, 1.82) is 0 Å². The molecule has 4 aromatic carbocycles. The number of carbonyl (C=O) groups excluding carboxylic acids is 1. The quantitative estimate of drug-likeness (QED) is 0.269. The number of benzene rings is 4. The molecule has 0 radical (unpaired) electrons. The lowest BCUT2D eigenvalue weighted by molar-refractivity contribution is 0.149. The van der Waals surface area contributed by atoms with Crippen LogP contribution in [0.1, 0.15) is 40.5 Å². The third kappa shape index (κ3) is 4.86. The lowest BCUT2D eigenvalue weighted by Crippen LogP contribution is -2.33. The number of likely N-dealkylation sites (tertiary alicyclic amines) is 1. The molecule has 0 aromatic heterocycles. The van der Waals surface area contributed by atoms with Gasteiger partial charge in [0.15, 0.2) is 0 Å². The Kier molecular flexibility index (Phi) is 6.86. The van der Waals surface area contributed by atoms with E-state index in [1.807, 2.05) is 72.8 Å².